The summed E-state index contributed by atoms with van der Waals surface area (Å²) >= 11 is 0. The van der Waals surface area contributed by atoms with Crippen LogP contribution in [0.15, 0.2) is 212 Å². The first-order valence-corrected chi connectivity index (χ1v) is 18.1. The zero-order chi connectivity index (χ0) is 32.8. The van der Waals surface area contributed by atoms with Crippen LogP contribution in [-0.4, -0.2) is 0 Å². The zero-order valence-corrected chi connectivity index (χ0v) is 28.0. The maximum atomic E-state index is 2.44. The maximum Gasteiger partial charge on any atom is -0.00143 e. The van der Waals surface area contributed by atoms with Gasteiger partial charge in [0.2, 0.25) is 0 Å². The molecule has 1 heteroatoms. The number of benzene rings is 8. The van der Waals surface area contributed by atoms with Crippen molar-refractivity contribution in [3.05, 3.63) is 212 Å². The Hall–Kier alpha value is -5.81. The van der Waals surface area contributed by atoms with Gasteiger partial charge in [-0.05, 0) is 91.6 Å². The summed E-state index contributed by atoms with van der Waals surface area (Å²) in [6.45, 7) is 0. The molecular weight excluding hydrogens is 608 g/mol. The molecule has 8 aromatic carbocycles. The summed E-state index contributed by atoms with van der Waals surface area (Å²) in [5.74, 6) is 0. The molecule has 0 saturated heterocycles. The van der Waals surface area contributed by atoms with Crippen LogP contribution in [0.3, 0.4) is 0 Å². The Bertz CT molecular complexity index is 2240. The van der Waals surface area contributed by atoms with Gasteiger partial charge >= 0.3 is 0 Å². The van der Waals surface area contributed by atoms with Gasteiger partial charge in [-0.1, -0.05) is 200 Å². The van der Waals surface area contributed by atoms with Gasteiger partial charge in [0, 0.05) is 0 Å². The molecule has 49 heavy (non-hydrogen) atoms. The van der Waals surface area contributed by atoms with Crippen LogP contribution >= 0.6 is 7.92 Å². The highest BCUT2D eigenvalue weighted by molar-refractivity contribution is 7.79. The van der Waals surface area contributed by atoms with Crippen molar-refractivity contribution in [2.24, 2.45) is 0 Å². The number of hydrogen-bond donors (Lipinski definition) is 0. The first-order valence-electron chi connectivity index (χ1n) is 16.8. The van der Waals surface area contributed by atoms with Gasteiger partial charge in [0.1, 0.15) is 0 Å². The van der Waals surface area contributed by atoms with Crippen LogP contribution in [0, 0.1) is 0 Å². The molecule has 0 aromatic heterocycles. The molecule has 0 bridgehead atoms. The second kappa shape index (κ2) is 14.1. The van der Waals surface area contributed by atoms with Crippen molar-refractivity contribution in [3.8, 4) is 55.6 Å². The van der Waals surface area contributed by atoms with Crippen molar-refractivity contribution in [3.63, 3.8) is 0 Å². The molecule has 0 saturated carbocycles. The lowest BCUT2D eigenvalue weighted by Crippen LogP contribution is -2.20. The summed E-state index contributed by atoms with van der Waals surface area (Å²) < 4.78 is 0. The second-order valence-electron chi connectivity index (χ2n) is 12.1. The molecule has 0 radical (unpaired) electrons. The lowest BCUT2D eigenvalue weighted by Gasteiger charge is -2.25. The van der Waals surface area contributed by atoms with Crippen LogP contribution < -0.4 is 15.9 Å². The topological polar surface area (TPSA) is 0 Å². The fourth-order valence-electron chi connectivity index (χ4n) is 6.87. The standard InChI is InChI=1S/C48H35P/c1-7-20-36(21-8-1)44-35-45(40-28-19-33-43(34-40)49(41-29-15-5-16-30-41)42-31-17-6-18-32-42)47(38-24-11-3-12-25-38)48(39-26-13-4-14-27-39)46(44)37-22-9-2-10-23-37/h1-35H. The fraction of sp³-hybridized carbons (Fsp3) is 0. The first kappa shape index (κ1) is 30.5. The zero-order valence-electron chi connectivity index (χ0n) is 27.2. The van der Waals surface area contributed by atoms with Gasteiger partial charge in [0.15, 0.2) is 0 Å². The molecule has 0 aliphatic rings. The lowest BCUT2D eigenvalue weighted by molar-refractivity contribution is 1.53. The predicted molar refractivity (Wildman–Crippen MR) is 212 cm³/mol. The van der Waals surface area contributed by atoms with Gasteiger partial charge in [-0.15, -0.1) is 0 Å². The van der Waals surface area contributed by atoms with E-state index in [4.69, 9.17) is 0 Å². The van der Waals surface area contributed by atoms with Gasteiger partial charge < -0.3 is 0 Å². The van der Waals surface area contributed by atoms with Crippen molar-refractivity contribution in [2.45, 2.75) is 0 Å². The molecule has 0 spiro atoms. The van der Waals surface area contributed by atoms with Crippen molar-refractivity contribution < 1.29 is 0 Å². The smallest absolute Gasteiger partial charge is 0.00143 e. The molecular formula is C48H35P. The Labute approximate surface area is 290 Å². The molecule has 8 rings (SSSR count). The summed E-state index contributed by atoms with van der Waals surface area (Å²) in [5.41, 5.74) is 12.2. The third kappa shape index (κ3) is 6.28. The second-order valence-corrected chi connectivity index (χ2v) is 14.3. The number of rotatable bonds is 8. The fourth-order valence-corrected chi connectivity index (χ4v) is 9.21. The average molecular weight is 643 g/mol. The van der Waals surface area contributed by atoms with Crippen LogP contribution in [0.2, 0.25) is 0 Å². The number of hydrogen-bond acceptors (Lipinski definition) is 0. The summed E-state index contributed by atoms with van der Waals surface area (Å²) in [5, 5.41) is 4.02. The Morgan fingerprint density at radius 1 is 0.224 bits per heavy atom. The van der Waals surface area contributed by atoms with Crippen molar-refractivity contribution in [1.82, 2.24) is 0 Å². The summed E-state index contributed by atoms with van der Waals surface area (Å²) in [4.78, 5) is 0. The van der Waals surface area contributed by atoms with E-state index in [2.05, 4.69) is 212 Å². The van der Waals surface area contributed by atoms with Gasteiger partial charge in [-0.3, -0.25) is 0 Å². The van der Waals surface area contributed by atoms with E-state index in [0.29, 0.717) is 0 Å². The van der Waals surface area contributed by atoms with Crippen molar-refractivity contribution >= 4 is 23.8 Å². The van der Waals surface area contributed by atoms with E-state index >= 15 is 0 Å². The Morgan fingerprint density at radius 3 is 1.00 bits per heavy atom. The monoisotopic (exact) mass is 642 g/mol. The summed E-state index contributed by atoms with van der Waals surface area (Å²) in [7, 11) is -0.762. The minimum absolute atomic E-state index is 0.762. The summed E-state index contributed by atoms with van der Waals surface area (Å²) in [6.07, 6.45) is 0. The Balaban J connectivity index is 1.48. The minimum Gasteiger partial charge on any atom is -0.0622 e. The molecule has 0 nitrogen and oxygen atoms in total. The molecule has 0 unspecified atom stereocenters. The SMILES string of the molecule is c1ccc(-c2cc(-c3cccc(P(c4ccccc4)c4ccccc4)c3)c(-c3ccccc3)c(-c3ccccc3)c2-c2ccccc2)cc1. The van der Waals surface area contributed by atoms with Gasteiger partial charge in [-0.25, -0.2) is 0 Å². The summed E-state index contributed by atoms with van der Waals surface area (Å²) in [6, 6.07) is 77.3. The molecule has 0 amide bonds. The van der Waals surface area contributed by atoms with Crippen LogP contribution in [0.5, 0.6) is 0 Å². The van der Waals surface area contributed by atoms with Crippen LogP contribution in [0.25, 0.3) is 55.6 Å². The predicted octanol–water partition coefficient (Wildman–Crippen LogP) is 11.8. The van der Waals surface area contributed by atoms with Crippen molar-refractivity contribution in [2.75, 3.05) is 0 Å². The normalized spacial score (nSPS) is 11.0. The molecule has 0 atom stereocenters. The molecule has 0 N–H and O–H groups in total. The van der Waals surface area contributed by atoms with Gasteiger partial charge in [0.25, 0.3) is 0 Å². The van der Waals surface area contributed by atoms with E-state index in [9.17, 15) is 0 Å². The minimum atomic E-state index is -0.762. The largest absolute Gasteiger partial charge is 0.0622 e. The maximum absolute atomic E-state index is 2.44. The Kier molecular flexibility index (Phi) is 8.80. The highest BCUT2D eigenvalue weighted by Crippen LogP contribution is 2.50. The van der Waals surface area contributed by atoms with E-state index in [1.165, 1.54) is 71.5 Å². The van der Waals surface area contributed by atoms with E-state index in [-0.39, 0.29) is 0 Å². The van der Waals surface area contributed by atoms with E-state index < -0.39 is 7.92 Å². The van der Waals surface area contributed by atoms with Crippen LogP contribution in [0.4, 0.5) is 0 Å². The first-order chi connectivity index (χ1) is 24.3. The average Bonchev–Trinajstić information content (AvgIpc) is 3.19. The van der Waals surface area contributed by atoms with Crippen LogP contribution in [0.1, 0.15) is 0 Å². The molecule has 8 aromatic rings. The molecule has 0 aliphatic heterocycles. The third-order valence-electron chi connectivity index (χ3n) is 9.04. The highest BCUT2D eigenvalue weighted by Gasteiger charge is 2.24. The molecule has 0 aliphatic carbocycles. The highest BCUT2D eigenvalue weighted by atomic mass is 31.1. The van der Waals surface area contributed by atoms with E-state index in [1.54, 1.807) is 0 Å². The Morgan fingerprint density at radius 2 is 0.551 bits per heavy atom. The van der Waals surface area contributed by atoms with Gasteiger partial charge in [0.05, 0.1) is 0 Å². The molecule has 232 valence electrons. The third-order valence-corrected chi connectivity index (χ3v) is 11.5. The van der Waals surface area contributed by atoms with E-state index in [0.717, 1.165) is 0 Å². The van der Waals surface area contributed by atoms with Crippen molar-refractivity contribution in [1.29, 1.82) is 0 Å². The van der Waals surface area contributed by atoms with Crippen LogP contribution in [-0.2, 0) is 0 Å². The molecule has 0 heterocycles. The quantitative estimate of drug-likeness (QED) is 0.145. The van der Waals surface area contributed by atoms with Gasteiger partial charge in [-0.2, -0.15) is 0 Å². The van der Waals surface area contributed by atoms with E-state index in [1.807, 2.05) is 0 Å². The molecule has 0 fully saturated rings. The lowest BCUT2D eigenvalue weighted by atomic mass is 9.79.